The van der Waals surface area contributed by atoms with E-state index in [4.69, 9.17) is 4.98 Å². The summed E-state index contributed by atoms with van der Waals surface area (Å²) in [5.74, 6) is 0. The summed E-state index contributed by atoms with van der Waals surface area (Å²) in [6.45, 7) is 0.913. The predicted molar refractivity (Wildman–Crippen MR) is 90.0 cm³/mol. The minimum Gasteiger partial charge on any atom is -0.310 e. The molecule has 0 unspecified atom stereocenters. The molecule has 0 radical (unpaired) electrons. The van der Waals surface area contributed by atoms with Crippen molar-refractivity contribution in [2.45, 2.75) is 34.7 Å². The lowest BCUT2D eigenvalue weighted by molar-refractivity contribution is 0.677. The average Bonchev–Trinajstić information content (AvgIpc) is 3.20. The number of fused-ring (bicyclic) bond motifs is 1. The summed E-state index contributed by atoms with van der Waals surface area (Å²) in [5.41, 5.74) is 2.38. The quantitative estimate of drug-likeness (QED) is 0.739. The van der Waals surface area contributed by atoms with Gasteiger partial charge in [-0.2, -0.15) is 0 Å². The van der Waals surface area contributed by atoms with Crippen LogP contribution in [0.25, 0.3) is 10.9 Å². The number of thiophene rings is 1. The lowest BCUT2D eigenvalue weighted by Crippen LogP contribution is -2.16. The number of benzene rings is 1. The van der Waals surface area contributed by atoms with Crippen LogP contribution in [0.1, 0.15) is 18.4 Å². The molecule has 0 bridgehead atoms. The predicted octanol–water partition coefficient (Wildman–Crippen LogP) is 4.70. The summed E-state index contributed by atoms with van der Waals surface area (Å²) in [6.07, 6.45) is 2.63. The fraction of sp³-hybridized carbons (Fsp3) is 0.235. The molecule has 1 aliphatic rings. The van der Waals surface area contributed by atoms with E-state index < -0.39 is 0 Å². The van der Waals surface area contributed by atoms with E-state index in [0.717, 1.165) is 23.1 Å². The van der Waals surface area contributed by atoms with Crippen molar-refractivity contribution >= 4 is 34.0 Å². The van der Waals surface area contributed by atoms with E-state index >= 15 is 0 Å². The first-order chi connectivity index (χ1) is 10.4. The van der Waals surface area contributed by atoms with Crippen LogP contribution in [0.3, 0.4) is 0 Å². The second kappa shape index (κ2) is 5.79. The van der Waals surface area contributed by atoms with Gasteiger partial charge >= 0.3 is 0 Å². The third-order valence-electron chi connectivity index (χ3n) is 3.61. The number of aromatic nitrogens is 1. The Bertz CT molecular complexity index is 749. The first-order valence-electron chi connectivity index (χ1n) is 7.22. The van der Waals surface area contributed by atoms with Crippen molar-refractivity contribution < 1.29 is 0 Å². The molecule has 0 amide bonds. The Kier molecular flexibility index (Phi) is 3.67. The van der Waals surface area contributed by atoms with Gasteiger partial charge in [0.2, 0.25) is 0 Å². The van der Waals surface area contributed by atoms with E-state index in [0.29, 0.717) is 0 Å². The van der Waals surface area contributed by atoms with E-state index in [-0.39, 0.29) is 0 Å². The normalized spacial score (nSPS) is 14.7. The van der Waals surface area contributed by atoms with Crippen LogP contribution in [0, 0.1) is 0 Å². The minimum atomic E-state index is 0.719. The first kappa shape index (κ1) is 13.3. The van der Waals surface area contributed by atoms with Crippen LogP contribution in [-0.2, 0) is 6.54 Å². The van der Waals surface area contributed by atoms with Crippen LogP contribution in [-0.4, -0.2) is 11.0 Å². The zero-order valence-electron chi connectivity index (χ0n) is 11.6. The van der Waals surface area contributed by atoms with Crippen molar-refractivity contribution in [3.63, 3.8) is 0 Å². The van der Waals surface area contributed by atoms with Crippen LogP contribution in [0.15, 0.2) is 57.1 Å². The number of para-hydroxylation sites is 1. The Morgan fingerprint density at radius 2 is 2.10 bits per heavy atom. The zero-order valence-corrected chi connectivity index (χ0v) is 13.2. The van der Waals surface area contributed by atoms with E-state index in [1.54, 1.807) is 23.1 Å². The maximum atomic E-state index is 4.88. The Labute approximate surface area is 132 Å². The molecule has 0 aliphatic heterocycles. The van der Waals surface area contributed by atoms with Gasteiger partial charge in [0, 0.05) is 18.0 Å². The number of rotatable bonds is 5. The van der Waals surface area contributed by atoms with Gasteiger partial charge in [0.15, 0.2) is 0 Å². The Balaban J connectivity index is 1.70. The van der Waals surface area contributed by atoms with Gasteiger partial charge in [-0.05, 0) is 42.0 Å². The molecular weight excluding hydrogens is 296 g/mol. The maximum absolute atomic E-state index is 4.88. The second-order valence-corrected chi connectivity index (χ2v) is 7.57. The highest BCUT2D eigenvalue weighted by Gasteiger charge is 2.21. The van der Waals surface area contributed by atoms with E-state index in [2.05, 4.69) is 53.2 Å². The summed E-state index contributed by atoms with van der Waals surface area (Å²) in [4.78, 5) is 4.88. The molecule has 0 saturated heterocycles. The molecule has 106 valence electrons. The lowest BCUT2D eigenvalue weighted by Gasteiger charge is -2.10. The summed E-state index contributed by atoms with van der Waals surface area (Å²) in [7, 11) is 0. The molecule has 1 fully saturated rings. The molecule has 4 rings (SSSR count). The van der Waals surface area contributed by atoms with Gasteiger partial charge in [-0.3, -0.25) is 0 Å². The van der Waals surface area contributed by atoms with E-state index in [9.17, 15) is 0 Å². The fourth-order valence-corrected chi connectivity index (χ4v) is 4.10. The molecule has 2 aromatic heterocycles. The first-order valence-corrected chi connectivity index (χ1v) is 8.91. The summed E-state index contributed by atoms with van der Waals surface area (Å²) in [5, 5.41) is 8.08. The van der Waals surface area contributed by atoms with Gasteiger partial charge in [-0.25, -0.2) is 4.98 Å². The molecule has 21 heavy (non-hydrogen) atoms. The molecule has 3 aromatic rings. The van der Waals surface area contributed by atoms with E-state index in [1.165, 1.54) is 28.0 Å². The molecule has 1 saturated carbocycles. The molecule has 2 nitrogen and oxygen atoms in total. The number of hydrogen-bond donors (Lipinski definition) is 1. The molecule has 4 heteroatoms. The van der Waals surface area contributed by atoms with Crippen LogP contribution in [0.2, 0.25) is 0 Å². The highest BCUT2D eigenvalue weighted by molar-refractivity contribution is 8.01. The number of nitrogens with zero attached hydrogens (tertiary/aromatic N) is 1. The standard InChI is InChI=1S/C17H16N2S2/c1-2-5-15-12(4-1)10-13(11-18-14-7-8-14)17(19-15)21-16-6-3-9-20-16/h1-6,9-10,14,18H,7-8,11H2. The number of nitrogens with one attached hydrogen (secondary N) is 1. The van der Waals surface area contributed by atoms with Gasteiger partial charge in [0.25, 0.3) is 0 Å². The van der Waals surface area contributed by atoms with Crippen molar-refractivity contribution in [1.29, 1.82) is 0 Å². The van der Waals surface area contributed by atoms with Crippen molar-refractivity contribution in [1.82, 2.24) is 10.3 Å². The molecule has 1 aliphatic carbocycles. The largest absolute Gasteiger partial charge is 0.310 e. The van der Waals surface area contributed by atoms with Gasteiger partial charge in [-0.15, -0.1) is 11.3 Å². The van der Waals surface area contributed by atoms with Crippen LogP contribution >= 0.6 is 23.1 Å². The highest BCUT2D eigenvalue weighted by Crippen LogP contribution is 2.34. The monoisotopic (exact) mass is 312 g/mol. The second-order valence-electron chi connectivity index (χ2n) is 5.33. The van der Waals surface area contributed by atoms with Gasteiger partial charge < -0.3 is 5.32 Å². The minimum absolute atomic E-state index is 0.719. The van der Waals surface area contributed by atoms with Gasteiger partial charge in [-0.1, -0.05) is 36.0 Å². The number of pyridine rings is 1. The Morgan fingerprint density at radius 1 is 1.19 bits per heavy atom. The highest BCUT2D eigenvalue weighted by atomic mass is 32.2. The summed E-state index contributed by atoms with van der Waals surface area (Å²) in [6, 6.07) is 15.6. The molecule has 2 heterocycles. The molecule has 1 N–H and O–H groups in total. The number of hydrogen-bond acceptors (Lipinski definition) is 4. The van der Waals surface area contributed by atoms with Crippen LogP contribution in [0.5, 0.6) is 0 Å². The maximum Gasteiger partial charge on any atom is 0.107 e. The third kappa shape index (κ3) is 3.12. The van der Waals surface area contributed by atoms with Crippen LogP contribution in [0.4, 0.5) is 0 Å². The van der Waals surface area contributed by atoms with Gasteiger partial charge in [0.05, 0.1) is 9.73 Å². The van der Waals surface area contributed by atoms with Gasteiger partial charge in [0.1, 0.15) is 5.03 Å². The van der Waals surface area contributed by atoms with Crippen molar-refractivity contribution in [3.05, 3.63) is 53.4 Å². The molecule has 1 aromatic carbocycles. The third-order valence-corrected chi connectivity index (χ3v) is 5.70. The summed E-state index contributed by atoms with van der Waals surface area (Å²) < 4.78 is 1.30. The van der Waals surface area contributed by atoms with E-state index in [1.807, 2.05) is 0 Å². The smallest absolute Gasteiger partial charge is 0.107 e. The Morgan fingerprint density at radius 3 is 2.90 bits per heavy atom. The topological polar surface area (TPSA) is 24.9 Å². The van der Waals surface area contributed by atoms with Crippen molar-refractivity contribution in [3.8, 4) is 0 Å². The zero-order chi connectivity index (χ0) is 14.1. The van der Waals surface area contributed by atoms with Crippen molar-refractivity contribution in [2.75, 3.05) is 0 Å². The molecule has 0 atom stereocenters. The Hall–Kier alpha value is -1.36. The SMILES string of the molecule is c1csc(Sc2nc3ccccc3cc2CNC2CC2)c1. The van der Waals surface area contributed by atoms with Crippen molar-refractivity contribution in [2.24, 2.45) is 0 Å². The van der Waals surface area contributed by atoms with Crippen LogP contribution < -0.4 is 5.32 Å². The molecule has 0 spiro atoms. The molecular formula is C17H16N2S2. The summed E-state index contributed by atoms with van der Waals surface area (Å²) >= 11 is 3.55. The fourth-order valence-electron chi connectivity index (χ4n) is 2.32. The average molecular weight is 312 g/mol. The lowest BCUT2D eigenvalue weighted by atomic mass is 10.1.